The van der Waals surface area contributed by atoms with E-state index in [0.29, 0.717) is 36.4 Å². The quantitative estimate of drug-likeness (QED) is 0.862. The molecule has 3 aliphatic rings. The van der Waals surface area contributed by atoms with Gasteiger partial charge in [-0.1, -0.05) is 0 Å². The Morgan fingerprint density at radius 2 is 1.76 bits per heavy atom. The average molecular weight is 333 g/mol. The van der Waals surface area contributed by atoms with E-state index in [1.54, 1.807) is 22.5 Å². The fourth-order valence-corrected chi connectivity index (χ4v) is 4.76. The van der Waals surface area contributed by atoms with E-state index in [1.165, 1.54) is 0 Å². The number of sulfonamides is 1. The summed E-state index contributed by atoms with van der Waals surface area (Å²) in [7, 11) is -3.43. The summed E-state index contributed by atoms with van der Waals surface area (Å²) >= 11 is 0. The molecule has 1 aromatic carbocycles. The molecule has 1 N–H and O–H groups in total. The Labute approximate surface area is 129 Å². The van der Waals surface area contributed by atoms with E-state index in [-0.39, 0.29) is 24.1 Å². The van der Waals surface area contributed by atoms with E-state index in [4.69, 9.17) is 9.47 Å². The lowest BCUT2D eigenvalue weighted by molar-refractivity contribution is 0.174. The predicted molar refractivity (Wildman–Crippen MR) is 78.4 cm³/mol. The number of nitrogens with zero attached hydrogens (tertiary/aromatic N) is 1. The maximum atomic E-state index is 12.7. The van der Waals surface area contributed by atoms with Crippen molar-refractivity contribution in [3.05, 3.63) is 18.2 Å². The van der Waals surface area contributed by atoms with Crippen LogP contribution < -0.4 is 14.8 Å². The van der Waals surface area contributed by atoms with E-state index in [0.717, 1.165) is 13.1 Å². The van der Waals surface area contributed by atoms with Gasteiger partial charge in [0.1, 0.15) is 0 Å². The summed E-state index contributed by atoms with van der Waals surface area (Å²) < 4.78 is 37.4. The van der Waals surface area contributed by atoms with Crippen molar-refractivity contribution in [2.45, 2.75) is 4.90 Å². The molecule has 0 amide bonds. The molecule has 0 unspecified atom stereocenters. The van der Waals surface area contributed by atoms with Gasteiger partial charge in [0.15, 0.2) is 11.5 Å². The first-order valence-corrected chi connectivity index (χ1v) is 8.19. The molecule has 0 radical (unpaired) electrons. The Bertz CT molecular complexity index is 640. The fraction of sp³-hybridized carbons (Fsp3) is 0.538. The van der Waals surface area contributed by atoms with E-state index in [9.17, 15) is 8.42 Å². The van der Waals surface area contributed by atoms with E-state index in [2.05, 4.69) is 5.32 Å². The molecule has 2 saturated heterocycles. The van der Waals surface area contributed by atoms with Crippen molar-refractivity contribution in [2.75, 3.05) is 33.0 Å². The molecule has 2 atom stereocenters. The van der Waals surface area contributed by atoms with Gasteiger partial charge in [-0.3, -0.25) is 0 Å². The first-order valence-electron chi connectivity index (χ1n) is 6.75. The molecular weight excluding hydrogens is 316 g/mol. The van der Waals surface area contributed by atoms with Gasteiger partial charge < -0.3 is 14.8 Å². The van der Waals surface area contributed by atoms with Gasteiger partial charge in [0, 0.05) is 19.2 Å². The lowest BCUT2D eigenvalue weighted by atomic mass is 10.0. The highest BCUT2D eigenvalue weighted by Crippen LogP contribution is 2.36. The second-order valence-electron chi connectivity index (χ2n) is 5.52. The van der Waals surface area contributed by atoms with Gasteiger partial charge in [-0.2, -0.15) is 4.31 Å². The van der Waals surface area contributed by atoms with Crippen LogP contribution in [0.25, 0.3) is 0 Å². The van der Waals surface area contributed by atoms with Crippen LogP contribution in [0, 0.1) is 11.8 Å². The molecule has 3 aliphatic heterocycles. The molecule has 4 rings (SSSR count). The second-order valence-corrected chi connectivity index (χ2v) is 7.45. The van der Waals surface area contributed by atoms with Crippen LogP contribution in [-0.4, -0.2) is 45.7 Å². The van der Waals surface area contributed by atoms with Crippen LogP contribution in [0.5, 0.6) is 11.5 Å². The fourth-order valence-electron chi connectivity index (χ4n) is 3.19. The van der Waals surface area contributed by atoms with E-state index >= 15 is 0 Å². The van der Waals surface area contributed by atoms with Crippen LogP contribution in [0.15, 0.2) is 23.1 Å². The van der Waals surface area contributed by atoms with Crippen molar-refractivity contribution in [3.63, 3.8) is 0 Å². The molecule has 21 heavy (non-hydrogen) atoms. The molecule has 0 aromatic heterocycles. The van der Waals surface area contributed by atoms with Crippen LogP contribution in [0.4, 0.5) is 0 Å². The minimum absolute atomic E-state index is 0. The number of halogens is 1. The van der Waals surface area contributed by atoms with Crippen LogP contribution in [0.1, 0.15) is 0 Å². The molecule has 1 aromatic rings. The molecule has 8 heteroatoms. The number of ether oxygens (including phenoxy) is 2. The summed E-state index contributed by atoms with van der Waals surface area (Å²) in [5, 5.41) is 3.31. The maximum absolute atomic E-state index is 12.7. The summed E-state index contributed by atoms with van der Waals surface area (Å²) in [6.07, 6.45) is 0. The minimum atomic E-state index is -3.43. The Hall–Kier alpha value is -1.02. The SMILES string of the molecule is Cl.O=S(=O)(c1ccc2c(c1)OCO2)N1C[C@H]2CNC[C@H]2C1. The molecule has 0 aliphatic carbocycles. The third-order valence-corrected chi connectivity index (χ3v) is 6.17. The van der Waals surface area contributed by atoms with Crippen LogP contribution >= 0.6 is 12.4 Å². The molecule has 0 bridgehead atoms. The van der Waals surface area contributed by atoms with Gasteiger partial charge in [0.2, 0.25) is 16.8 Å². The first kappa shape index (κ1) is 14.9. The van der Waals surface area contributed by atoms with Gasteiger partial charge in [-0.05, 0) is 37.1 Å². The highest BCUT2D eigenvalue weighted by Gasteiger charge is 2.41. The average Bonchev–Trinajstić information content (AvgIpc) is 3.12. The van der Waals surface area contributed by atoms with Crippen LogP contribution in [0.2, 0.25) is 0 Å². The zero-order chi connectivity index (χ0) is 13.7. The number of hydrogen-bond acceptors (Lipinski definition) is 5. The minimum Gasteiger partial charge on any atom is -0.454 e. The number of nitrogens with one attached hydrogen (secondary N) is 1. The van der Waals surface area contributed by atoms with Crippen molar-refractivity contribution >= 4 is 22.4 Å². The molecular formula is C13H17ClN2O4S. The summed E-state index contributed by atoms with van der Waals surface area (Å²) in [6, 6.07) is 4.81. The monoisotopic (exact) mass is 332 g/mol. The smallest absolute Gasteiger partial charge is 0.243 e. The van der Waals surface area contributed by atoms with Crippen molar-refractivity contribution in [1.82, 2.24) is 9.62 Å². The molecule has 0 spiro atoms. The van der Waals surface area contributed by atoms with Crippen molar-refractivity contribution < 1.29 is 17.9 Å². The van der Waals surface area contributed by atoms with Gasteiger partial charge in [-0.25, -0.2) is 8.42 Å². The second kappa shape index (κ2) is 5.31. The third-order valence-electron chi connectivity index (χ3n) is 4.34. The topological polar surface area (TPSA) is 67.9 Å². The zero-order valence-electron chi connectivity index (χ0n) is 11.3. The summed E-state index contributed by atoms with van der Waals surface area (Å²) in [5.41, 5.74) is 0. The van der Waals surface area contributed by atoms with Gasteiger partial charge in [0.05, 0.1) is 4.90 Å². The molecule has 2 fully saturated rings. The lowest BCUT2D eigenvalue weighted by Crippen LogP contribution is -2.31. The summed E-state index contributed by atoms with van der Waals surface area (Å²) in [4.78, 5) is 0.287. The first-order chi connectivity index (χ1) is 9.64. The summed E-state index contributed by atoms with van der Waals surface area (Å²) in [6.45, 7) is 3.19. The Morgan fingerprint density at radius 1 is 1.10 bits per heavy atom. The zero-order valence-corrected chi connectivity index (χ0v) is 13.0. The van der Waals surface area contributed by atoms with Crippen molar-refractivity contribution in [2.24, 2.45) is 11.8 Å². The van der Waals surface area contributed by atoms with Crippen molar-refractivity contribution in [3.8, 4) is 11.5 Å². The largest absolute Gasteiger partial charge is 0.454 e. The Kier molecular flexibility index (Phi) is 3.77. The summed E-state index contributed by atoms with van der Waals surface area (Å²) in [5.74, 6) is 2.00. The highest BCUT2D eigenvalue weighted by atomic mass is 35.5. The maximum Gasteiger partial charge on any atom is 0.243 e. The highest BCUT2D eigenvalue weighted by molar-refractivity contribution is 7.89. The van der Waals surface area contributed by atoms with E-state index < -0.39 is 10.0 Å². The molecule has 6 nitrogen and oxygen atoms in total. The van der Waals surface area contributed by atoms with Gasteiger partial charge >= 0.3 is 0 Å². The van der Waals surface area contributed by atoms with Crippen molar-refractivity contribution in [1.29, 1.82) is 0 Å². The lowest BCUT2D eigenvalue weighted by Gasteiger charge is -2.17. The van der Waals surface area contributed by atoms with Gasteiger partial charge in [0.25, 0.3) is 0 Å². The standard InChI is InChI=1S/C13H16N2O4S.ClH/c16-20(17,15-6-9-4-14-5-10(9)7-15)11-1-2-12-13(3-11)19-8-18-12;/h1-3,9-10,14H,4-8H2;1H/t9-,10+;. The number of hydrogen-bond donors (Lipinski definition) is 1. The Balaban J connectivity index is 0.00000132. The predicted octanol–water partition coefficient (Wildman–Crippen LogP) is 0.677. The van der Waals surface area contributed by atoms with Gasteiger partial charge in [-0.15, -0.1) is 12.4 Å². The normalized spacial score (nSPS) is 27.4. The molecule has 116 valence electrons. The third kappa shape index (κ3) is 2.38. The number of fused-ring (bicyclic) bond motifs is 2. The van der Waals surface area contributed by atoms with Crippen LogP contribution in [0.3, 0.4) is 0 Å². The number of benzene rings is 1. The van der Waals surface area contributed by atoms with E-state index in [1.807, 2.05) is 0 Å². The van der Waals surface area contributed by atoms with Crippen LogP contribution in [-0.2, 0) is 10.0 Å². The molecule has 0 saturated carbocycles. The number of rotatable bonds is 2. The Morgan fingerprint density at radius 3 is 2.48 bits per heavy atom. The molecule has 3 heterocycles.